The van der Waals surface area contributed by atoms with Crippen molar-refractivity contribution in [3.05, 3.63) is 28.5 Å². The predicted molar refractivity (Wildman–Crippen MR) is 133 cm³/mol. The molecule has 2 aromatic rings. The van der Waals surface area contributed by atoms with Crippen LogP contribution in [0.15, 0.2) is 35.5 Å². The number of sulfonamides is 1. The lowest BCUT2D eigenvalue weighted by Crippen LogP contribution is -2.32. The van der Waals surface area contributed by atoms with Crippen LogP contribution in [0.2, 0.25) is 5.22 Å². The molecule has 3 rings (SSSR count). The van der Waals surface area contributed by atoms with Gasteiger partial charge in [0.15, 0.2) is 26.8 Å². The molecule has 1 aliphatic heterocycles. The van der Waals surface area contributed by atoms with Gasteiger partial charge >= 0.3 is 10.2 Å². The molecule has 1 atom stereocenters. The number of hydrogen-bond acceptors (Lipinski definition) is 9. The highest BCUT2D eigenvalue weighted by atomic mass is 35.5. The van der Waals surface area contributed by atoms with Crippen molar-refractivity contribution in [2.75, 3.05) is 18.4 Å². The molecule has 0 aliphatic carbocycles. The molecule has 0 saturated carbocycles. The molecular formula is C19H26ClN5O6S3. The van der Waals surface area contributed by atoms with Crippen LogP contribution in [0.3, 0.4) is 0 Å². The van der Waals surface area contributed by atoms with Crippen LogP contribution < -0.4 is 10.0 Å². The molecule has 1 aliphatic rings. The minimum Gasteiger partial charge on any atom is -0.504 e. The van der Waals surface area contributed by atoms with E-state index in [1.807, 2.05) is 20.8 Å². The predicted octanol–water partition coefficient (Wildman–Crippen LogP) is 3.57. The molecule has 0 spiro atoms. The second-order valence-corrected chi connectivity index (χ2v) is 13.1. The molecule has 188 valence electrons. The third-order valence-electron chi connectivity index (χ3n) is 4.87. The number of thiophene rings is 1. The molecule has 3 N–H and O–H groups in total. The summed E-state index contributed by atoms with van der Waals surface area (Å²) < 4.78 is 62.4. The van der Waals surface area contributed by atoms with E-state index in [1.165, 1.54) is 9.69 Å². The number of aromatic hydroxyl groups is 1. The summed E-state index contributed by atoms with van der Waals surface area (Å²) in [5.74, 6) is -0.437. The third-order valence-corrected chi connectivity index (χ3v) is 9.49. The monoisotopic (exact) mass is 551 g/mol. The Kier molecular flexibility index (Phi) is 7.39. The number of furan rings is 1. The first kappa shape index (κ1) is 26.5. The summed E-state index contributed by atoms with van der Waals surface area (Å²) in [4.78, 5) is 4.52. The Bertz CT molecular complexity index is 1330. The van der Waals surface area contributed by atoms with Gasteiger partial charge in [0.2, 0.25) is 0 Å². The van der Waals surface area contributed by atoms with Crippen LogP contribution >= 0.6 is 22.9 Å². The average Bonchev–Trinajstić information content (AvgIpc) is 3.37. The lowest BCUT2D eigenvalue weighted by molar-refractivity contribution is 0.287. The van der Waals surface area contributed by atoms with Gasteiger partial charge in [0, 0.05) is 18.5 Å². The maximum absolute atomic E-state index is 12.8. The number of aliphatic imine (C=N–C) groups is 1. The van der Waals surface area contributed by atoms with Gasteiger partial charge in [-0.15, -0.1) is 15.7 Å². The Morgan fingerprint density at radius 2 is 1.97 bits per heavy atom. The van der Waals surface area contributed by atoms with E-state index in [0.717, 1.165) is 11.3 Å². The zero-order valence-electron chi connectivity index (χ0n) is 19.2. The number of nitrogens with zero attached hydrogens (tertiary/aromatic N) is 3. The van der Waals surface area contributed by atoms with E-state index in [-0.39, 0.29) is 39.9 Å². The number of rotatable bonds is 7. The minimum absolute atomic E-state index is 0.0190. The Morgan fingerprint density at radius 1 is 1.32 bits per heavy atom. The molecule has 0 fully saturated rings. The molecular weight excluding hydrogens is 526 g/mol. The molecule has 0 bridgehead atoms. The van der Waals surface area contributed by atoms with E-state index in [2.05, 4.69) is 19.4 Å². The first-order valence-corrected chi connectivity index (χ1v) is 14.4. The Morgan fingerprint density at radius 3 is 2.50 bits per heavy atom. The Hall–Kier alpha value is -2.13. The molecule has 15 heteroatoms. The SMILES string of the molecule is CCN(CC)S(=O)(=O)c1scc(NC2=NS(=O)(=O)NC2=N[C@@H](c2ccc(Cl)o2)C(C)(C)C)c1O. The molecule has 11 nitrogen and oxygen atoms in total. The highest BCUT2D eigenvalue weighted by molar-refractivity contribution is 7.91. The minimum atomic E-state index is -4.11. The van der Waals surface area contributed by atoms with Crippen molar-refractivity contribution in [2.45, 2.75) is 44.9 Å². The van der Waals surface area contributed by atoms with Gasteiger partial charge in [-0.25, -0.2) is 13.1 Å². The van der Waals surface area contributed by atoms with Crippen molar-refractivity contribution < 1.29 is 26.4 Å². The normalized spacial score (nSPS) is 18.2. The van der Waals surface area contributed by atoms with Crippen LogP contribution in [0.1, 0.15) is 46.4 Å². The summed E-state index contributed by atoms with van der Waals surface area (Å²) in [5.41, 5.74) is -0.516. The van der Waals surface area contributed by atoms with Crippen LogP contribution in [-0.2, 0) is 20.2 Å². The average molecular weight is 552 g/mol. The summed E-state index contributed by atoms with van der Waals surface area (Å²) in [7, 11) is -8.03. The van der Waals surface area contributed by atoms with E-state index in [0.29, 0.717) is 5.76 Å². The van der Waals surface area contributed by atoms with Gasteiger partial charge in [-0.1, -0.05) is 34.6 Å². The molecule has 0 radical (unpaired) electrons. The number of nitrogens with one attached hydrogen (secondary N) is 2. The van der Waals surface area contributed by atoms with E-state index in [1.54, 1.807) is 26.0 Å². The molecule has 0 amide bonds. The molecule has 3 heterocycles. The van der Waals surface area contributed by atoms with Crippen molar-refractivity contribution in [1.82, 2.24) is 9.03 Å². The smallest absolute Gasteiger partial charge is 0.345 e. The lowest BCUT2D eigenvalue weighted by Gasteiger charge is -2.26. The van der Waals surface area contributed by atoms with Crippen molar-refractivity contribution in [3.8, 4) is 5.75 Å². The fraction of sp³-hybridized carbons (Fsp3) is 0.474. The van der Waals surface area contributed by atoms with E-state index >= 15 is 0 Å². The van der Waals surface area contributed by atoms with Gasteiger partial charge in [0.05, 0.1) is 5.69 Å². The van der Waals surface area contributed by atoms with E-state index in [9.17, 15) is 21.9 Å². The van der Waals surface area contributed by atoms with Crippen molar-refractivity contribution in [1.29, 1.82) is 0 Å². The standard InChI is InChI=1S/C19H26ClN5O6S3/c1-6-25(7-2)33(27,28)18-14(26)11(10-32-18)21-16-17(24-34(29,30)23-16)22-15(19(3,4)5)12-8-9-13(20)31-12/h8-10,15,26H,6-7H2,1-5H3,(H,21,23)(H,22,24)/t15-/m0/s1. The molecule has 2 aromatic heterocycles. The number of halogens is 1. The van der Waals surface area contributed by atoms with Crippen LogP contribution in [0.5, 0.6) is 5.75 Å². The molecule has 0 saturated heterocycles. The highest BCUT2D eigenvalue weighted by Gasteiger charge is 2.35. The van der Waals surface area contributed by atoms with Crippen molar-refractivity contribution in [2.24, 2.45) is 14.8 Å². The van der Waals surface area contributed by atoms with Gasteiger partial charge in [-0.05, 0) is 29.1 Å². The van der Waals surface area contributed by atoms with Crippen LogP contribution in [0, 0.1) is 5.41 Å². The van der Waals surface area contributed by atoms with Gasteiger partial charge in [0.1, 0.15) is 11.8 Å². The highest BCUT2D eigenvalue weighted by Crippen LogP contribution is 2.40. The maximum atomic E-state index is 12.8. The van der Waals surface area contributed by atoms with Crippen LogP contribution in [0.4, 0.5) is 5.69 Å². The van der Waals surface area contributed by atoms with Gasteiger partial charge in [-0.3, -0.25) is 4.99 Å². The molecule has 0 unspecified atom stereocenters. The number of anilines is 1. The summed E-state index contributed by atoms with van der Waals surface area (Å²) in [6.45, 7) is 9.51. The largest absolute Gasteiger partial charge is 0.504 e. The van der Waals surface area contributed by atoms with Gasteiger partial charge in [-0.2, -0.15) is 12.7 Å². The lowest BCUT2D eigenvalue weighted by atomic mass is 9.85. The van der Waals surface area contributed by atoms with Gasteiger partial charge in [0.25, 0.3) is 10.0 Å². The number of hydrogen-bond donors (Lipinski definition) is 3. The van der Waals surface area contributed by atoms with Crippen molar-refractivity contribution >= 4 is 60.5 Å². The third kappa shape index (κ3) is 5.40. The zero-order chi connectivity index (χ0) is 25.5. The Balaban J connectivity index is 2.00. The van der Waals surface area contributed by atoms with Crippen LogP contribution in [-0.4, -0.2) is 51.0 Å². The summed E-state index contributed by atoms with van der Waals surface area (Å²) in [5, 5.41) is 14.8. The maximum Gasteiger partial charge on any atom is 0.345 e. The van der Waals surface area contributed by atoms with Gasteiger partial charge < -0.3 is 14.8 Å². The second kappa shape index (κ2) is 9.49. The second-order valence-electron chi connectivity index (χ2n) is 8.40. The summed E-state index contributed by atoms with van der Waals surface area (Å²) in [6.07, 6.45) is 0. The first-order valence-electron chi connectivity index (χ1n) is 10.2. The molecule has 0 aromatic carbocycles. The zero-order valence-corrected chi connectivity index (χ0v) is 22.4. The van der Waals surface area contributed by atoms with E-state index < -0.39 is 37.4 Å². The first-order chi connectivity index (χ1) is 15.7. The van der Waals surface area contributed by atoms with E-state index in [4.69, 9.17) is 16.0 Å². The fourth-order valence-corrected chi connectivity index (χ4v) is 7.03. The van der Waals surface area contributed by atoms with Crippen molar-refractivity contribution in [3.63, 3.8) is 0 Å². The topological polar surface area (TPSA) is 154 Å². The molecule has 34 heavy (non-hydrogen) atoms. The fourth-order valence-electron chi connectivity index (χ4n) is 3.23. The van der Waals surface area contributed by atoms with Crippen LogP contribution in [0.25, 0.3) is 0 Å². The summed E-state index contributed by atoms with van der Waals surface area (Å²) in [6, 6.07) is 2.56. The Labute approximate surface area is 207 Å². The summed E-state index contributed by atoms with van der Waals surface area (Å²) >= 11 is 6.72. The number of amidine groups is 2. The quantitative estimate of drug-likeness (QED) is 0.475.